The van der Waals surface area contributed by atoms with Gasteiger partial charge in [-0.2, -0.15) is 0 Å². The van der Waals surface area contributed by atoms with Crippen molar-refractivity contribution in [2.24, 2.45) is 0 Å². The van der Waals surface area contributed by atoms with Crippen molar-refractivity contribution in [2.75, 3.05) is 33.9 Å². The fourth-order valence-corrected chi connectivity index (χ4v) is 2.86. The minimum atomic E-state index is 0.0149. The van der Waals surface area contributed by atoms with Crippen molar-refractivity contribution < 1.29 is 19.0 Å². The molecule has 0 bridgehead atoms. The van der Waals surface area contributed by atoms with E-state index in [2.05, 4.69) is 10.2 Å². The average molecular weight is 322 g/mol. The first-order valence-electron chi connectivity index (χ1n) is 7.87. The van der Waals surface area contributed by atoms with E-state index in [4.69, 9.17) is 14.2 Å². The van der Waals surface area contributed by atoms with Crippen LogP contribution in [-0.2, 0) is 16.1 Å². The summed E-state index contributed by atoms with van der Waals surface area (Å²) < 4.78 is 16.2. The van der Waals surface area contributed by atoms with E-state index in [0.717, 1.165) is 18.7 Å². The number of amides is 1. The molecule has 1 aromatic rings. The van der Waals surface area contributed by atoms with E-state index in [9.17, 15) is 4.79 Å². The highest BCUT2D eigenvalue weighted by atomic mass is 16.5. The molecular weight excluding hydrogens is 296 g/mol. The van der Waals surface area contributed by atoms with Crippen LogP contribution in [0, 0.1) is 0 Å². The van der Waals surface area contributed by atoms with Gasteiger partial charge in [-0.3, -0.25) is 9.69 Å². The summed E-state index contributed by atoms with van der Waals surface area (Å²) in [5.41, 5.74) is 0.972. The topological polar surface area (TPSA) is 60.0 Å². The second-order valence-corrected chi connectivity index (χ2v) is 5.92. The molecule has 0 spiro atoms. The summed E-state index contributed by atoms with van der Waals surface area (Å²) in [6.45, 7) is 6.50. The molecule has 0 saturated carbocycles. The Bertz CT molecular complexity index is 525. The minimum absolute atomic E-state index is 0.0149. The zero-order chi connectivity index (χ0) is 16.8. The van der Waals surface area contributed by atoms with Crippen LogP contribution in [0.5, 0.6) is 11.5 Å². The molecule has 0 aromatic heterocycles. The Labute approximate surface area is 137 Å². The highest BCUT2D eigenvalue weighted by Crippen LogP contribution is 2.27. The molecule has 1 amide bonds. The Hall–Kier alpha value is -1.79. The summed E-state index contributed by atoms with van der Waals surface area (Å²) in [6.07, 6.45) is 0.329. The van der Waals surface area contributed by atoms with Crippen LogP contribution in [0.2, 0.25) is 0 Å². The van der Waals surface area contributed by atoms with E-state index >= 15 is 0 Å². The number of methoxy groups -OCH3 is 2. The number of hydrogen-bond donors (Lipinski definition) is 1. The molecule has 1 aliphatic heterocycles. The molecule has 2 atom stereocenters. The van der Waals surface area contributed by atoms with Crippen molar-refractivity contribution in [1.29, 1.82) is 0 Å². The molecule has 128 valence electrons. The van der Waals surface area contributed by atoms with Crippen LogP contribution >= 0.6 is 0 Å². The van der Waals surface area contributed by atoms with E-state index in [1.165, 1.54) is 0 Å². The summed E-state index contributed by atoms with van der Waals surface area (Å²) in [7, 11) is 3.20. The SMILES string of the molecule is COc1ccc(CNC(=O)CN2C[C@@H](C)O[C@H](C)C2)cc1OC. The van der Waals surface area contributed by atoms with Crippen molar-refractivity contribution in [3.8, 4) is 11.5 Å². The first-order valence-corrected chi connectivity index (χ1v) is 7.87. The van der Waals surface area contributed by atoms with Gasteiger partial charge in [-0.05, 0) is 31.5 Å². The monoisotopic (exact) mass is 322 g/mol. The van der Waals surface area contributed by atoms with E-state index in [-0.39, 0.29) is 18.1 Å². The molecule has 2 rings (SSSR count). The van der Waals surface area contributed by atoms with Gasteiger partial charge in [0.15, 0.2) is 11.5 Å². The number of benzene rings is 1. The van der Waals surface area contributed by atoms with Crippen LogP contribution in [0.15, 0.2) is 18.2 Å². The van der Waals surface area contributed by atoms with Crippen LogP contribution in [0.3, 0.4) is 0 Å². The molecule has 1 N–H and O–H groups in total. The molecule has 1 aliphatic rings. The zero-order valence-corrected chi connectivity index (χ0v) is 14.3. The lowest BCUT2D eigenvalue weighted by Gasteiger charge is -2.34. The maximum Gasteiger partial charge on any atom is 0.234 e. The average Bonchev–Trinajstić information content (AvgIpc) is 2.51. The van der Waals surface area contributed by atoms with Crippen molar-refractivity contribution in [3.05, 3.63) is 23.8 Å². The lowest BCUT2D eigenvalue weighted by molar-refractivity contribution is -0.126. The highest BCUT2D eigenvalue weighted by Gasteiger charge is 2.23. The van der Waals surface area contributed by atoms with Crippen LogP contribution in [0.1, 0.15) is 19.4 Å². The molecule has 1 heterocycles. The van der Waals surface area contributed by atoms with Crippen LogP contribution in [0.4, 0.5) is 0 Å². The Morgan fingerprint density at radius 2 is 1.87 bits per heavy atom. The largest absolute Gasteiger partial charge is 0.493 e. The third kappa shape index (κ3) is 5.11. The number of nitrogens with zero attached hydrogens (tertiary/aromatic N) is 1. The zero-order valence-electron chi connectivity index (χ0n) is 14.3. The number of ether oxygens (including phenoxy) is 3. The van der Waals surface area contributed by atoms with E-state index in [1.54, 1.807) is 14.2 Å². The molecule has 1 fully saturated rings. The summed E-state index contributed by atoms with van der Waals surface area (Å²) in [4.78, 5) is 14.3. The smallest absolute Gasteiger partial charge is 0.234 e. The molecule has 0 unspecified atom stereocenters. The van der Waals surface area contributed by atoms with Gasteiger partial charge in [0.25, 0.3) is 0 Å². The molecule has 6 heteroatoms. The molecule has 1 aromatic carbocycles. The summed E-state index contributed by atoms with van der Waals surface area (Å²) in [6, 6.07) is 5.63. The van der Waals surface area contributed by atoms with Crippen molar-refractivity contribution >= 4 is 5.91 Å². The van der Waals surface area contributed by atoms with Gasteiger partial charge in [0.2, 0.25) is 5.91 Å². The van der Waals surface area contributed by atoms with Crippen molar-refractivity contribution in [3.63, 3.8) is 0 Å². The van der Waals surface area contributed by atoms with Gasteiger partial charge in [0, 0.05) is 19.6 Å². The first kappa shape index (κ1) is 17.6. The van der Waals surface area contributed by atoms with Crippen molar-refractivity contribution in [1.82, 2.24) is 10.2 Å². The molecular formula is C17H26N2O4. The Morgan fingerprint density at radius 1 is 1.22 bits per heavy atom. The summed E-state index contributed by atoms with van der Waals surface area (Å²) in [5.74, 6) is 1.36. The fraction of sp³-hybridized carbons (Fsp3) is 0.588. The Balaban J connectivity index is 1.84. The van der Waals surface area contributed by atoms with Gasteiger partial charge in [-0.15, -0.1) is 0 Å². The Kier molecular flexibility index (Phi) is 6.24. The third-order valence-electron chi connectivity index (χ3n) is 3.80. The number of hydrogen-bond acceptors (Lipinski definition) is 5. The van der Waals surface area contributed by atoms with Gasteiger partial charge in [-0.25, -0.2) is 0 Å². The molecule has 1 saturated heterocycles. The van der Waals surface area contributed by atoms with E-state index in [0.29, 0.717) is 24.6 Å². The number of rotatable bonds is 6. The summed E-state index contributed by atoms with van der Waals surface area (Å²) in [5, 5.41) is 2.95. The van der Waals surface area contributed by atoms with Gasteiger partial charge in [-0.1, -0.05) is 6.07 Å². The molecule has 0 radical (unpaired) electrons. The van der Waals surface area contributed by atoms with Crippen LogP contribution < -0.4 is 14.8 Å². The number of carbonyl (C=O) groups excluding carboxylic acids is 1. The fourth-order valence-electron chi connectivity index (χ4n) is 2.86. The van der Waals surface area contributed by atoms with Crippen LogP contribution in [0.25, 0.3) is 0 Å². The predicted octanol–water partition coefficient (Wildman–Crippen LogP) is 1.43. The van der Waals surface area contributed by atoms with Gasteiger partial charge in [0.1, 0.15) is 0 Å². The van der Waals surface area contributed by atoms with Crippen LogP contribution in [-0.4, -0.2) is 56.9 Å². The standard InChI is InChI=1S/C17H26N2O4/c1-12-9-19(10-13(2)23-12)11-17(20)18-8-14-5-6-15(21-3)16(7-14)22-4/h5-7,12-13H,8-11H2,1-4H3,(H,18,20)/t12-,13-/m1/s1. The van der Waals surface area contributed by atoms with E-state index in [1.807, 2.05) is 32.0 Å². The highest BCUT2D eigenvalue weighted by molar-refractivity contribution is 5.78. The molecule has 0 aliphatic carbocycles. The maximum atomic E-state index is 12.1. The van der Waals surface area contributed by atoms with E-state index < -0.39 is 0 Å². The van der Waals surface area contributed by atoms with Gasteiger partial charge in [0.05, 0.1) is 33.0 Å². The first-order chi connectivity index (χ1) is 11.0. The molecule has 6 nitrogen and oxygen atoms in total. The lowest BCUT2D eigenvalue weighted by Crippen LogP contribution is -2.49. The quantitative estimate of drug-likeness (QED) is 0.858. The second-order valence-electron chi connectivity index (χ2n) is 5.92. The summed E-state index contributed by atoms with van der Waals surface area (Å²) >= 11 is 0. The normalized spacial score (nSPS) is 21.7. The van der Waals surface area contributed by atoms with Gasteiger partial charge < -0.3 is 19.5 Å². The minimum Gasteiger partial charge on any atom is -0.493 e. The Morgan fingerprint density at radius 3 is 2.48 bits per heavy atom. The number of nitrogens with one attached hydrogen (secondary N) is 1. The second kappa shape index (κ2) is 8.17. The number of carbonyl (C=O) groups is 1. The van der Waals surface area contributed by atoms with Crippen molar-refractivity contribution in [2.45, 2.75) is 32.6 Å². The maximum absolute atomic E-state index is 12.1. The number of morpholine rings is 1. The lowest BCUT2D eigenvalue weighted by atomic mass is 10.2. The van der Waals surface area contributed by atoms with Gasteiger partial charge >= 0.3 is 0 Å². The predicted molar refractivity (Wildman–Crippen MR) is 87.8 cm³/mol. The third-order valence-corrected chi connectivity index (χ3v) is 3.80. The molecule has 23 heavy (non-hydrogen) atoms.